The molecule has 1 saturated heterocycles. The lowest BCUT2D eigenvalue weighted by Crippen LogP contribution is -2.41. The summed E-state index contributed by atoms with van der Waals surface area (Å²) < 4.78 is 17.5. The van der Waals surface area contributed by atoms with E-state index in [2.05, 4.69) is 43.8 Å². The summed E-state index contributed by atoms with van der Waals surface area (Å²) in [7, 11) is 0. The monoisotopic (exact) mass is 642 g/mol. The van der Waals surface area contributed by atoms with E-state index in [-0.39, 0.29) is 25.2 Å². The molecule has 0 spiro atoms. The molecule has 2 aromatic rings. The highest BCUT2D eigenvalue weighted by Crippen LogP contribution is 2.34. The Bertz CT molecular complexity index is 1170. The number of hydrazone groups is 1. The maximum atomic E-state index is 12.5. The average molecular weight is 643 g/mol. The van der Waals surface area contributed by atoms with Crippen LogP contribution >= 0.6 is 34.2 Å². The second-order valence-corrected chi connectivity index (χ2v) is 9.70. The molecule has 0 saturated carbocycles. The van der Waals surface area contributed by atoms with E-state index in [1.165, 1.54) is 6.21 Å². The van der Waals surface area contributed by atoms with Gasteiger partial charge >= 0.3 is 11.8 Å². The fourth-order valence-corrected chi connectivity index (χ4v) is 4.38. The van der Waals surface area contributed by atoms with E-state index in [9.17, 15) is 14.4 Å². The van der Waals surface area contributed by atoms with Crippen LogP contribution in [0.3, 0.4) is 0 Å². The zero-order valence-corrected chi connectivity index (χ0v) is 23.4. The van der Waals surface area contributed by atoms with Gasteiger partial charge in [-0.3, -0.25) is 14.4 Å². The number of carbonyl (C=O) groups is 3. The smallest absolute Gasteiger partial charge is 0.329 e. The highest BCUT2D eigenvalue weighted by Gasteiger charge is 2.19. The first kappa shape index (κ1) is 28.7. The zero-order valence-electron chi connectivity index (χ0n) is 20.4. The Balaban J connectivity index is 1.58. The van der Waals surface area contributed by atoms with Gasteiger partial charge in [-0.25, -0.2) is 5.43 Å². The van der Waals surface area contributed by atoms with Crippen LogP contribution < -0.4 is 25.5 Å². The standard InChI is InChI=1S/C25H28ClIN4O6/c1-3-35-21-10-16(12-29-31-25(34)24(33)28-13-18-5-4-8-36-18)9-19(27)23(21)37-14-22(32)30-20-11-17(26)7-6-15(20)2/h6-7,9-12,18H,3-5,8,13-14H2,1-2H3,(H,28,33)(H,30,32)(H,31,34)/b29-12-/t18-/m1/s1. The molecule has 3 N–H and O–H groups in total. The van der Waals surface area contributed by atoms with Crippen molar-refractivity contribution in [3.05, 3.63) is 50.1 Å². The van der Waals surface area contributed by atoms with Gasteiger partial charge in [0.25, 0.3) is 5.91 Å². The van der Waals surface area contributed by atoms with E-state index < -0.39 is 11.8 Å². The average Bonchev–Trinajstić information content (AvgIpc) is 3.38. The molecule has 3 rings (SSSR count). The Kier molecular flexibility index (Phi) is 11.0. The van der Waals surface area contributed by atoms with Crippen molar-refractivity contribution >= 4 is 63.8 Å². The second kappa shape index (κ2) is 14.1. The number of carbonyl (C=O) groups excluding carboxylic acids is 3. The molecule has 0 aromatic heterocycles. The van der Waals surface area contributed by atoms with Crippen molar-refractivity contribution in [1.82, 2.24) is 10.7 Å². The van der Waals surface area contributed by atoms with Gasteiger partial charge in [-0.1, -0.05) is 17.7 Å². The van der Waals surface area contributed by atoms with Crippen LogP contribution in [0.2, 0.25) is 5.02 Å². The number of hydrogen-bond acceptors (Lipinski definition) is 7. The van der Waals surface area contributed by atoms with E-state index in [0.29, 0.717) is 44.6 Å². The first-order valence-electron chi connectivity index (χ1n) is 11.6. The van der Waals surface area contributed by atoms with Crippen LogP contribution in [0, 0.1) is 10.5 Å². The minimum absolute atomic E-state index is 0.0629. The molecule has 1 aliphatic rings. The molecule has 1 fully saturated rings. The van der Waals surface area contributed by atoms with Crippen LogP contribution in [-0.2, 0) is 19.1 Å². The van der Waals surface area contributed by atoms with Gasteiger partial charge in [0, 0.05) is 23.9 Å². The predicted octanol–water partition coefficient (Wildman–Crippen LogP) is 3.41. The summed E-state index contributed by atoms with van der Waals surface area (Å²) in [5.74, 6) is -1.21. The number of amides is 3. The van der Waals surface area contributed by atoms with Gasteiger partial charge in [0.05, 0.1) is 22.5 Å². The molecule has 37 heavy (non-hydrogen) atoms. The largest absolute Gasteiger partial charge is 0.490 e. The summed E-state index contributed by atoms with van der Waals surface area (Å²) in [5, 5.41) is 9.69. The van der Waals surface area contributed by atoms with Crippen LogP contribution in [0.1, 0.15) is 30.9 Å². The van der Waals surface area contributed by atoms with Gasteiger partial charge < -0.3 is 24.8 Å². The van der Waals surface area contributed by atoms with Crippen molar-refractivity contribution in [3.8, 4) is 11.5 Å². The van der Waals surface area contributed by atoms with Gasteiger partial charge in [-0.15, -0.1) is 0 Å². The molecule has 0 radical (unpaired) electrons. The highest BCUT2D eigenvalue weighted by molar-refractivity contribution is 14.1. The van der Waals surface area contributed by atoms with Crippen molar-refractivity contribution in [2.45, 2.75) is 32.8 Å². The van der Waals surface area contributed by atoms with Crippen LogP contribution in [0.25, 0.3) is 0 Å². The molecule has 1 aliphatic heterocycles. The quantitative estimate of drug-likeness (QED) is 0.158. The van der Waals surface area contributed by atoms with Crippen LogP contribution in [0.5, 0.6) is 11.5 Å². The van der Waals surface area contributed by atoms with Gasteiger partial charge in [-0.05, 0) is 84.7 Å². The minimum Gasteiger partial charge on any atom is -0.490 e. The number of halogens is 2. The van der Waals surface area contributed by atoms with E-state index in [4.69, 9.17) is 25.8 Å². The number of nitrogens with one attached hydrogen (secondary N) is 3. The number of aryl methyl sites for hydroxylation is 1. The molecule has 0 unspecified atom stereocenters. The lowest BCUT2D eigenvalue weighted by Gasteiger charge is -2.15. The van der Waals surface area contributed by atoms with Gasteiger partial charge in [-0.2, -0.15) is 5.10 Å². The molecule has 3 amide bonds. The summed E-state index contributed by atoms with van der Waals surface area (Å²) >= 11 is 8.07. The topological polar surface area (TPSA) is 127 Å². The van der Waals surface area contributed by atoms with E-state index in [1.54, 1.807) is 24.3 Å². The summed E-state index contributed by atoms with van der Waals surface area (Å²) in [4.78, 5) is 36.4. The molecule has 198 valence electrons. The molecule has 0 aliphatic carbocycles. The van der Waals surface area contributed by atoms with E-state index >= 15 is 0 Å². The number of hydrogen-bond donors (Lipinski definition) is 3. The number of rotatable bonds is 10. The molecular weight excluding hydrogens is 615 g/mol. The van der Waals surface area contributed by atoms with E-state index in [0.717, 1.165) is 18.4 Å². The van der Waals surface area contributed by atoms with E-state index in [1.807, 2.05) is 19.9 Å². The maximum absolute atomic E-state index is 12.5. The Morgan fingerprint density at radius 3 is 2.76 bits per heavy atom. The number of anilines is 1. The molecular formula is C25H28ClIN4O6. The summed E-state index contributed by atoms with van der Waals surface area (Å²) in [6.45, 7) is 4.75. The lowest BCUT2D eigenvalue weighted by atomic mass is 10.2. The number of nitrogens with zero attached hydrogens (tertiary/aromatic N) is 1. The third-order valence-corrected chi connectivity index (χ3v) is 6.29. The molecule has 1 heterocycles. The Labute approximate surface area is 233 Å². The summed E-state index contributed by atoms with van der Waals surface area (Å²) in [6, 6.07) is 8.63. The fraction of sp³-hybridized carbons (Fsp3) is 0.360. The minimum atomic E-state index is -0.880. The highest BCUT2D eigenvalue weighted by atomic mass is 127. The van der Waals surface area contributed by atoms with Gasteiger partial charge in [0.15, 0.2) is 18.1 Å². The fourth-order valence-electron chi connectivity index (χ4n) is 3.43. The Hall–Kier alpha value is -2.90. The SMILES string of the molecule is CCOc1cc(/C=N\NC(=O)C(=O)NC[C@H]2CCCO2)cc(I)c1OCC(=O)Nc1cc(Cl)ccc1C. The third kappa shape index (κ3) is 8.86. The van der Waals surface area contributed by atoms with Crippen molar-refractivity contribution in [1.29, 1.82) is 0 Å². The molecule has 10 nitrogen and oxygen atoms in total. The maximum Gasteiger partial charge on any atom is 0.329 e. The van der Waals surface area contributed by atoms with Crippen molar-refractivity contribution in [2.75, 3.05) is 31.7 Å². The molecule has 2 aromatic carbocycles. The number of benzene rings is 2. The van der Waals surface area contributed by atoms with Crippen LogP contribution in [0.15, 0.2) is 35.4 Å². The number of ether oxygens (including phenoxy) is 3. The Morgan fingerprint density at radius 2 is 2.03 bits per heavy atom. The van der Waals surface area contributed by atoms with Gasteiger partial charge in [0.2, 0.25) is 0 Å². The molecule has 12 heteroatoms. The first-order valence-corrected chi connectivity index (χ1v) is 13.1. The lowest BCUT2D eigenvalue weighted by molar-refractivity contribution is -0.139. The van der Waals surface area contributed by atoms with Crippen LogP contribution in [-0.4, -0.2) is 56.4 Å². The van der Waals surface area contributed by atoms with Crippen molar-refractivity contribution in [3.63, 3.8) is 0 Å². The third-order valence-electron chi connectivity index (χ3n) is 5.25. The van der Waals surface area contributed by atoms with Crippen molar-refractivity contribution in [2.24, 2.45) is 5.10 Å². The van der Waals surface area contributed by atoms with Crippen LogP contribution in [0.4, 0.5) is 5.69 Å². The van der Waals surface area contributed by atoms with Crippen molar-refractivity contribution < 1.29 is 28.6 Å². The Morgan fingerprint density at radius 1 is 1.22 bits per heavy atom. The predicted molar refractivity (Wildman–Crippen MR) is 148 cm³/mol. The second-order valence-electron chi connectivity index (χ2n) is 8.10. The zero-order chi connectivity index (χ0) is 26.8. The summed E-state index contributed by atoms with van der Waals surface area (Å²) in [6.07, 6.45) is 3.12. The molecule has 0 bridgehead atoms. The summed E-state index contributed by atoms with van der Waals surface area (Å²) in [5.41, 5.74) is 4.28. The molecule has 1 atom stereocenters. The first-order chi connectivity index (χ1) is 17.8. The normalized spacial score (nSPS) is 14.9. The van der Waals surface area contributed by atoms with Gasteiger partial charge in [0.1, 0.15) is 0 Å².